The van der Waals surface area contributed by atoms with Crippen molar-refractivity contribution in [2.75, 3.05) is 5.32 Å². The minimum atomic E-state index is -0.579. The van der Waals surface area contributed by atoms with Crippen molar-refractivity contribution in [2.45, 2.75) is 18.9 Å². The standard InChI is InChI=1S/C21H16ClFN2O2/c22-14-6-7-17(16(23)12-14)24-21(27)15-10-11-25-18(15)8-9-19(25)20(26)13-4-2-1-3-5-13/h1-9,12,15H,10-11H2,(H,24,27). The molecule has 1 aliphatic rings. The van der Waals surface area contributed by atoms with Gasteiger partial charge in [0.1, 0.15) is 5.82 Å². The molecule has 2 aromatic carbocycles. The largest absolute Gasteiger partial charge is 0.341 e. The van der Waals surface area contributed by atoms with Crippen molar-refractivity contribution < 1.29 is 14.0 Å². The third-order valence-corrected chi connectivity index (χ3v) is 5.02. The lowest BCUT2D eigenvalue weighted by molar-refractivity contribution is -0.117. The Morgan fingerprint density at radius 2 is 1.85 bits per heavy atom. The molecule has 1 atom stereocenters. The summed E-state index contributed by atoms with van der Waals surface area (Å²) >= 11 is 5.74. The van der Waals surface area contributed by atoms with Gasteiger partial charge in [0.2, 0.25) is 11.7 Å². The molecule has 1 aromatic heterocycles. The maximum absolute atomic E-state index is 13.9. The molecule has 27 heavy (non-hydrogen) atoms. The Bertz CT molecular complexity index is 1030. The first kappa shape index (κ1) is 17.5. The van der Waals surface area contributed by atoms with Gasteiger partial charge in [-0.2, -0.15) is 0 Å². The number of fused-ring (bicyclic) bond motifs is 1. The summed E-state index contributed by atoms with van der Waals surface area (Å²) < 4.78 is 15.8. The van der Waals surface area contributed by atoms with Gasteiger partial charge in [0, 0.05) is 22.8 Å². The molecule has 136 valence electrons. The number of ketones is 1. The molecule has 0 bridgehead atoms. The minimum Gasteiger partial charge on any atom is -0.341 e. The summed E-state index contributed by atoms with van der Waals surface area (Å²) in [5, 5.41) is 2.89. The molecular formula is C21H16ClFN2O2. The smallest absolute Gasteiger partial charge is 0.233 e. The van der Waals surface area contributed by atoms with Crippen LogP contribution in [0.2, 0.25) is 5.02 Å². The number of hydrogen-bond acceptors (Lipinski definition) is 2. The first-order valence-electron chi connectivity index (χ1n) is 8.59. The molecule has 0 radical (unpaired) electrons. The molecule has 4 rings (SSSR count). The predicted octanol–water partition coefficient (Wildman–Crippen LogP) is 4.64. The van der Waals surface area contributed by atoms with Gasteiger partial charge in [-0.15, -0.1) is 0 Å². The number of nitrogens with one attached hydrogen (secondary N) is 1. The zero-order chi connectivity index (χ0) is 19.0. The van der Waals surface area contributed by atoms with E-state index in [0.29, 0.717) is 24.2 Å². The second-order valence-electron chi connectivity index (χ2n) is 6.44. The van der Waals surface area contributed by atoms with Crippen molar-refractivity contribution in [2.24, 2.45) is 0 Å². The number of anilines is 1. The van der Waals surface area contributed by atoms with E-state index >= 15 is 0 Å². The van der Waals surface area contributed by atoms with E-state index in [2.05, 4.69) is 5.32 Å². The molecular weight excluding hydrogens is 367 g/mol. The molecule has 1 N–H and O–H groups in total. The van der Waals surface area contributed by atoms with Crippen LogP contribution in [0.25, 0.3) is 0 Å². The predicted molar refractivity (Wildman–Crippen MR) is 102 cm³/mol. The molecule has 6 heteroatoms. The Hall–Kier alpha value is -2.92. The first-order chi connectivity index (χ1) is 13.0. The summed E-state index contributed by atoms with van der Waals surface area (Å²) in [4.78, 5) is 25.4. The summed E-state index contributed by atoms with van der Waals surface area (Å²) in [5.41, 5.74) is 2.02. The SMILES string of the molecule is O=C(c1ccccc1)c1ccc2n1CCC2C(=O)Nc1ccc(Cl)cc1F. The fourth-order valence-corrected chi connectivity index (χ4v) is 3.61. The van der Waals surface area contributed by atoms with E-state index in [0.717, 1.165) is 11.8 Å². The molecule has 1 aliphatic heterocycles. The number of nitrogens with zero attached hydrogens (tertiary/aromatic N) is 1. The van der Waals surface area contributed by atoms with Gasteiger partial charge in [0.05, 0.1) is 17.3 Å². The number of halogens is 2. The Morgan fingerprint density at radius 1 is 1.07 bits per heavy atom. The minimum absolute atomic E-state index is 0.0772. The van der Waals surface area contributed by atoms with Crippen molar-refractivity contribution in [1.29, 1.82) is 0 Å². The maximum Gasteiger partial charge on any atom is 0.233 e. The molecule has 0 aliphatic carbocycles. The lowest BCUT2D eigenvalue weighted by atomic mass is 10.0. The summed E-state index contributed by atoms with van der Waals surface area (Å²) in [6, 6.07) is 16.7. The van der Waals surface area contributed by atoms with Crippen LogP contribution in [0.3, 0.4) is 0 Å². The van der Waals surface area contributed by atoms with E-state index in [9.17, 15) is 14.0 Å². The molecule has 0 fully saturated rings. The average molecular weight is 383 g/mol. The van der Waals surface area contributed by atoms with Crippen LogP contribution in [-0.2, 0) is 11.3 Å². The fourth-order valence-electron chi connectivity index (χ4n) is 3.46. The van der Waals surface area contributed by atoms with Gasteiger partial charge < -0.3 is 9.88 Å². The van der Waals surface area contributed by atoms with E-state index in [1.54, 1.807) is 24.3 Å². The normalized spacial score (nSPS) is 15.4. The lowest BCUT2D eigenvalue weighted by Crippen LogP contribution is -2.20. The molecule has 0 saturated heterocycles. The monoisotopic (exact) mass is 382 g/mol. The zero-order valence-corrected chi connectivity index (χ0v) is 15.0. The second-order valence-corrected chi connectivity index (χ2v) is 6.88. The maximum atomic E-state index is 13.9. The van der Waals surface area contributed by atoms with E-state index in [4.69, 9.17) is 11.6 Å². The van der Waals surface area contributed by atoms with Gasteiger partial charge >= 0.3 is 0 Å². The quantitative estimate of drug-likeness (QED) is 0.668. The molecule has 1 amide bonds. The van der Waals surface area contributed by atoms with Gasteiger partial charge in [0.25, 0.3) is 0 Å². The van der Waals surface area contributed by atoms with Gasteiger partial charge in [-0.25, -0.2) is 4.39 Å². The summed E-state index contributed by atoms with van der Waals surface area (Å²) in [6.07, 6.45) is 0.562. The highest BCUT2D eigenvalue weighted by Gasteiger charge is 2.32. The third-order valence-electron chi connectivity index (χ3n) is 4.79. The average Bonchev–Trinajstić information content (AvgIpc) is 3.26. The van der Waals surface area contributed by atoms with Gasteiger partial charge in [-0.1, -0.05) is 41.9 Å². The van der Waals surface area contributed by atoms with E-state index in [1.807, 2.05) is 22.8 Å². The number of rotatable bonds is 4. The number of amides is 1. The van der Waals surface area contributed by atoms with Gasteiger partial charge in [-0.3, -0.25) is 9.59 Å². The summed E-state index contributed by atoms with van der Waals surface area (Å²) in [7, 11) is 0. The lowest BCUT2D eigenvalue weighted by Gasteiger charge is -2.11. The van der Waals surface area contributed by atoms with Crippen molar-refractivity contribution >= 4 is 29.0 Å². The van der Waals surface area contributed by atoms with Crippen LogP contribution in [0.4, 0.5) is 10.1 Å². The summed E-state index contributed by atoms with van der Waals surface area (Å²) in [6.45, 7) is 0.567. The van der Waals surface area contributed by atoms with Crippen molar-refractivity contribution in [3.8, 4) is 0 Å². The zero-order valence-electron chi connectivity index (χ0n) is 14.3. The number of carbonyl (C=O) groups excluding carboxylic acids is 2. The molecule has 4 nitrogen and oxygen atoms in total. The van der Waals surface area contributed by atoms with Crippen LogP contribution >= 0.6 is 11.6 Å². The Labute approximate surface area is 160 Å². The molecule has 0 spiro atoms. The van der Waals surface area contributed by atoms with Crippen LogP contribution in [-0.4, -0.2) is 16.3 Å². The highest BCUT2D eigenvalue weighted by atomic mass is 35.5. The number of carbonyl (C=O) groups is 2. The fraction of sp³-hybridized carbons (Fsp3) is 0.143. The Morgan fingerprint density at radius 3 is 2.59 bits per heavy atom. The van der Waals surface area contributed by atoms with Crippen LogP contribution in [0.5, 0.6) is 0 Å². The van der Waals surface area contributed by atoms with E-state index < -0.39 is 11.7 Å². The highest BCUT2D eigenvalue weighted by molar-refractivity contribution is 6.30. The first-order valence-corrected chi connectivity index (χ1v) is 8.97. The Balaban J connectivity index is 1.57. The highest BCUT2D eigenvalue weighted by Crippen LogP contribution is 2.33. The van der Waals surface area contributed by atoms with Crippen molar-refractivity contribution in [3.05, 3.63) is 88.5 Å². The van der Waals surface area contributed by atoms with E-state index in [1.165, 1.54) is 12.1 Å². The number of aromatic nitrogens is 1. The van der Waals surface area contributed by atoms with Crippen molar-refractivity contribution in [1.82, 2.24) is 4.57 Å². The third kappa shape index (κ3) is 3.26. The summed E-state index contributed by atoms with van der Waals surface area (Å²) in [5.74, 6) is -1.39. The second kappa shape index (κ2) is 7.00. The van der Waals surface area contributed by atoms with Crippen LogP contribution in [0.1, 0.15) is 34.1 Å². The van der Waals surface area contributed by atoms with Gasteiger partial charge in [-0.05, 0) is 36.8 Å². The number of hydrogen-bond donors (Lipinski definition) is 1. The van der Waals surface area contributed by atoms with Gasteiger partial charge in [0.15, 0.2) is 0 Å². The molecule has 0 saturated carbocycles. The molecule has 2 heterocycles. The van der Waals surface area contributed by atoms with Crippen LogP contribution < -0.4 is 5.32 Å². The topological polar surface area (TPSA) is 51.1 Å². The number of benzene rings is 2. The molecule has 1 unspecified atom stereocenters. The van der Waals surface area contributed by atoms with Crippen LogP contribution in [0.15, 0.2) is 60.7 Å². The Kier molecular flexibility index (Phi) is 4.54. The van der Waals surface area contributed by atoms with Crippen LogP contribution in [0, 0.1) is 5.82 Å². The van der Waals surface area contributed by atoms with E-state index in [-0.39, 0.29) is 22.4 Å². The van der Waals surface area contributed by atoms with Crippen molar-refractivity contribution in [3.63, 3.8) is 0 Å². The molecule has 3 aromatic rings.